The number of aryl methyl sites for hydroxylation is 2. The van der Waals surface area contributed by atoms with Gasteiger partial charge in [0.15, 0.2) is 0 Å². The molecule has 3 unspecified atom stereocenters. The molecular weight excluding hydrogens is 208 g/mol. The zero-order valence-corrected chi connectivity index (χ0v) is 10.2. The third-order valence-electron chi connectivity index (χ3n) is 3.69. The predicted octanol–water partition coefficient (Wildman–Crippen LogP) is 3.01. The maximum absolute atomic E-state index is 6.23. The third-order valence-corrected chi connectivity index (χ3v) is 4.31. The van der Waals surface area contributed by atoms with E-state index in [2.05, 4.69) is 18.2 Å². The Morgan fingerprint density at radius 1 is 1.53 bits per heavy atom. The Morgan fingerprint density at radius 3 is 2.87 bits per heavy atom. The molecule has 0 N–H and O–H groups in total. The molecule has 0 amide bonds. The quantitative estimate of drug-likeness (QED) is 0.725. The number of alkyl halides is 1. The van der Waals surface area contributed by atoms with Gasteiger partial charge in [-0.25, -0.2) is 0 Å². The van der Waals surface area contributed by atoms with Crippen LogP contribution in [-0.2, 0) is 13.5 Å². The van der Waals surface area contributed by atoms with Crippen LogP contribution in [0.1, 0.15) is 31.7 Å². The molecule has 3 heteroatoms. The lowest BCUT2D eigenvalue weighted by atomic mass is 9.92. The minimum absolute atomic E-state index is 0.406. The molecule has 1 fully saturated rings. The summed E-state index contributed by atoms with van der Waals surface area (Å²) in [5.41, 5.74) is 1.35. The first-order valence-electron chi connectivity index (χ1n) is 5.78. The van der Waals surface area contributed by atoms with Crippen LogP contribution in [-0.4, -0.2) is 15.2 Å². The summed E-state index contributed by atoms with van der Waals surface area (Å²) in [6.45, 7) is 2.29. The van der Waals surface area contributed by atoms with E-state index in [9.17, 15) is 0 Å². The molecule has 1 aliphatic rings. The maximum atomic E-state index is 6.23. The molecule has 3 atom stereocenters. The van der Waals surface area contributed by atoms with Gasteiger partial charge in [-0.3, -0.25) is 4.68 Å². The fraction of sp³-hybridized carbons (Fsp3) is 0.750. The molecule has 0 aliphatic heterocycles. The minimum Gasteiger partial charge on any atom is -0.276 e. The lowest BCUT2D eigenvalue weighted by Gasteiger charge is -2.16. The number of nitrogens with zero attached hydrogens (tertiary/aromatic N) is 2. The fourth-order valence-corrected chi connectivity index (χ4v) is 2.89. The standard InChI is InChI=1S/C12H19ClN2/c1-9-11(5-6-12(9)13)4-3-10-7-14-15(2)8-10/h7-9,11-12H,3-6H2,1-2H3. The van der Waals surface area contributed by atoms with Crippen molar-refractivity contribution in [2.45, 2.75) is 38.0 Å². The van der Waals surface area contributed by atoms with Crippen molar-refractivity contribution in [2.24, 2.45) is 18.9 Å². The van der Waals surface area contributed by atoms with Crippen molar-refractivity contribution >= 4 is 11.6 Å². The Bertz CT molecular complexity index is 321. The minimum atomic E-state index is 0.406. The first-order valence-corrected chi connectivity index (χ1v) is 6.22. The van der Waals surface area contributed by atoms with Gasteiger partial charge in [0, 0.05) is 18.6 Å². The van der Waals surface area contributed by atoms with Crippen molar-refractivity contribution in [1.82, 2.24) is 9.78 Å². The molecule has 2 nitrogen and oxygen atoms in total. The molecule has 1 aliphatic carbocycles. The highest BCUT2D eigenvalue weighted by Crippen LogP contribution is 2.37. The van der Waals surface area contributed by atoms with Gasteiger partial charge in [0.05, 0.1) is 6.20 Å². The van der Waals surface area contributed by atoms with E-state index in [0.29, 0.717) is 11.3 Å². The largest absolute Gasteiger partial charge is 0.276 e. The SMILES string of the molecule is CC1C(Cl)CCC1CCc1cnn(C)c1. The van der Waals surface area contributed by atoms with Crippen molar-refractivity contribution in [1.29, 1.82) is 0 Å². The number of hydrogen-bond acceptors (Lipinski definition) is 1. The summed E-state index contributed by atoms with van der Waals surface area (Å²) in [4.78, 5) is 0. The Morgan fingerprint density at radius 2 is 2.33 bits per heavy atom. The van der Waals surface area contributed by atoms with E-state index in [4.69, 9.17) is 11.6 Å². The fourth-order valence-electron chi connectivity index (χ4n) is 2.55. The average Bonchev–Trinajstić information content (AvgIpc) is 2.74. The zero-order chi connectivity index (χ0) is 10.8. The van der Waals surface area contributed by atoms with E-state index in [0.717, 1.165) is 12.3 Å². The summed E-state index contributed by atoms with van der Waals surface area (Å²) in [7, 11) is 1.97. The summed E-state index contributed by atoms with van der Waals surface area (Å²) < 4.78 is 1.87. The van der Waals surface area contributed by atoms with Crippen LogP contribution in [0.15, 0.2) is 12.4 Å². The molecule has 1 aromatic heterocycles. The lowest BCUT2D eigenvalue weighted by molar-refractivity contribution is 0.394. The zero-order valence-electron chi connectivity index (χ0n) is 9.49. The summed E-state index contributed by atoms with van der Waals surface area (Å²) in [6, 6.07) is 0. The summed E-state index contributed by atoms with van der Waals surface area (Å²) >= 11 is 6.23. The Kier molecular flexibility index (Phi) is 3.35. The maximum Gasteiger partial charge on any atom is 0.0521 e. The molecule has 0 spiro atoms. The summed E-state index contributed by atoms with van der Waals surface area (Å²) in [6.07, 6.45) is 8.98. The molecule has 0 aromatic carbocycles. The number of rotatable bonds is 3. The number of halogens is 1. The lowest BCUT2D eigenvalue weighted by Crippen LogP contribution is -2.11. The molecule has 2 rings (SSSR count). The number of aromatic nitrogens is 2. The second kappa shape index (κ2) is 4.56. The molecule has 0 radical (unpaired) electrons. The van der Waals surface area contributed by atoms with Crippen molar-refractivity contribution in [3.8, 4) is 0 Å². The van der Waals surface area contributed by atoms with Crippen LogP contribution in [0, 0.1) is 11.8 Å². The van der Waals surface area contributed by atoms with Crippen LogP contribution in [0.25, 0.3) is 0 Å². The van der Waals surface area contributed by atoms with Gasteiger partial charge in [-0.05, 0) is 43.1 Å². The van der Waals surface area contributed by atoms with Gasteiger partial charge in [-0.1, -0.05) is 6.92 Å². The second-order valence-electron chi connectivity index (χ2n) is 4.77. The summed E-state index contributed by atoms with van der Waals surface area (Å²) in [5.74, 6) is 1.50. The van der Waals surface area contributed by atoms with Gasteiger partial charge in [-0.2, -0.15) is 5.10 Å². The Hall–Kier alpha value is -0.500. The van der Waals surface area contributed by atoms with Crippen molar-refractivity contribution in [3.63, 3.8) is 0 Å². The van der Waals surface area contributed by atoms with Crippen molar-refractivity contribution < 1.29 is 0 Å². The van der Waals surface area contributed by atoms with Crippen LogP contribution in [0.4, 0.5) is 0 Å². The monoisotopic (exact) mass is 226 g/mol. The van der Waals surface area contributed by atoms with E-state index < -0.39 is 0 Å². The van der Waals surface area contributed by atoms with Gasteiger partial charge in [0.2, 0.25) is 0 Å². The average molecular weight is 227 g/mol. The highest BCUT2D eigenvalue weighted by Gasteiger charge is 2.30. The first kappa shape index (κ1) is 11.0. The summed E-state index contributed by atoms with van der Waals surface area (Å²) in [5, 5.41) is 4.59. The second-order valence-corrected chi connectivity index (χ2v) is 5.33. The molecule has 15 heavy (non-hydrogen) atoms. The van der Waals surface area contributed by atoms with E-state index in [1.165, 1.54) is 24.8 Å². The number of hydrogen-bond donors (Lipinski definition) is 0. The van der Waals surface area contributed by atoms with E-state index in [-0.39, 0.29) is 0 Å². The molecule has 1 aromatic rings. The smallest absolute Gasteiger partial charge is 0.0521 e. The van der Waals surface area contributed by atoms with Gasteiger partial charge in [0.1, 0.15) is 0 Å². The van der Waals surface area contributed by atoms with Gasteiger partial charge >= 0.3 is 0 Å². The first-order chi connectivity index (χ1) is 7.16. The van der Waals surface area contributed by atoms with Crippen LogP contribution < -0.4 is 0 Å². The van der Waals surface area contributed by atoms with Crippen LogP contribution in [0.3, 0.4) is 0 Å². The van der Waals surface area contributed by atoms with Crippen LogP contribution >= 0.6 is 11.6 Å². The van der Waals surface area contributed by atoms with E-state index in [1.807, 2.05) is 17.9 Å². The van der Waals surface area contributed by atoms with Crippen LogP contribution in [0.2, 0.25) is 0 Å². The third kappa shape index (κ3) is 2.54. The Labute approximate surface area is 96.6 Å². The molecule has 1 heterocycles. The van der Waals surface area contributed by atoms with Crippen LogP contribution in [0.5, 0.6) is 0 Å². The van der Waals surface area contributed by atoms with Crippen molar-refractivity contribution in [2.75, 3.05) is 0 Å². The highest BCUT2D eigenvalue weighted by atomic mass is 35.5. The van der Waals surface area contributed by atoms with Crippen molar-refractivity contribution in [3.05, 3.63) is 18.0 Å². The molecule has 0 bridgehead atoms. The molecule has 0 saturated heterocycles. The normalized spacial score (nSPS) is 31.0. The molecule has 1 saturated carbocycles. The van der Waals surface area contributed by atoms with E-state index >= 15 is 0 Å². The molecule has 84 valence electrons. The van der Waals surface area contributed by atoms with Gasteiger partial charge in [-0.15, -0.1) is 11.6 Å². The van der Waals surface area contributed by atoms with Gasteiger partial charge in [0.25, 0.3) is 0 Å². The predicted molar refractivity (Wildman–Crippen MR) is 63.1 cm³/mol. The highest BCUT2D eigenvalue weighted by molar-refractivity contribution is 6.20. The Balaban J connectivity index is 1.83. The topological polar surface area (TPSA) is 17.8 Å². The van der Waals surface area contributed by atoms with Gasteiger partial charge < -0.3 is 0 Å². The molecular formula is C12H19ClN2. The van der Waals surface area contributed by atoms with E-state index in [1.54, 1.807) is 0 Å².